The maximum atomic E-state index is 11.8. The van der Waals surface area contributed by atoms with Crippen molar-refractivity contribution in [3.05, 3.63) is 23.8 Å². The van der Waals surface area contributed by atoms with E-state index in [1.54, 1.807) is 20.3 Å². The Hall–Kier alpha value is -1.71. The molecule has 0 saturated carbocycles. The number of carbonyl (C=O) groups excluding carboxylic acids is 1. The summed E-state index contributed by atoms with van der Waals surface area (Å²) in [6.07, 6.45) is 1.32. The van der Waals surface area contributed by atoms with Crippen LogP contribution in [0.2, 0.25) is 0 Å². The van der Waals surface area contributed by atoms with Crippen molar-refractivity contribution in [3.8, 4) is 11.5 Å². The Bertz CT molecular complexity index is 416. The smallest absolute Gasteiger partial charge is 0.224 e. The third-order valence-corrected chi connectivity index (χ3v) is 2.89. The minimum absolute atomic E-state index is 0.0177. The number of nitrogens with one attached hydrogen (secondary N) is 1. The zero-order chi connectivity index (χ0) is 14.3. The summed E-state index contributed by atoms with van der Waals surface area (Å²) in [5.74, 6) is 2.01. The molecule has 0 saturated heterocycles. The summed E-state index contributed by atoms with van der Waals surface area (Å²) in [5, 5.41) is 2.92. The maximum Gasteiger partial charge on any atom is 0.224 e. The summed E-state index contributed by atoms with van der Waals surface area (Å²) in [6, 6.07) is 5.48. The van der Waals surface area contributed by atoms with E-state index in [-0.39, 0.29) is 5.91 Å². The fourth-order valence-corrected chi connectivity index (χ4v) is 1.73. The first-order chi connectivity index (χ1) is 9.06. The van der Waals surface area contributed by atoms with Gasteiger partial charge >= 0.3 is 0 Å². The number of benzene rings is 1. The molecule has 4 heteroatoms. The lowest BCUT2D eigenvalue weighted by Gasteiger charge is -2.11. The highest BCUT2D eigenvalue weighted by atomic mass is 16.5. The second-order valence-corrected chi connectivity index (χ2v) is 4.89. The molecule has 0 fully saturated rings. The molecule has 1 aromatic rings. The molecular weight excluding hydrogens is 242 g/mol. The Morgan fingerprint density at radius 3 is 2.58 bits per heavy atom. The third kappa shape index (κ3) is 5.20. The average molecular weight is 265 g/mol. The monoisotopic (exact) mass is 265 g/mol. The largest absolute Gasteiger partial charge is 0.497 e. The van der Waals surface area contributed by atoms with Gasteiger partial charge in [0.2, 0.25) is 5.91 Å². The zero-order valence-electron chi connectivity index (χ0n) is 12.2. The summed E-state index contributed by atoms with van der Waals surface area (Å²) in [5.41, 5.74) is 0.866. The number of rotatable bonds is 7. The van der Waals surface area contributed by atoms with Gasteiger partial charge < -0.3 is 14.8 Å². The van der Waals surface area contributed by atoms with Crippen LogP contribution in [0.3, 0.4) is 0 Å². The van der Waals surface area contributed by atoms with Crippen molar-refractivity contribution in [3.63, 3.8) is 0 Å². The first-order valence-electron chi connectivity index (χ1n) is 6.54. The SMILES string of the molecule is COc1ccc(CC(=O)NCCC(C)C)c(OC)c1. The first-order valence-corrected chi connectivity index (χ1v) is 6.54. The number of amides is 1. The van der Waals surface area contributed by atoms with Crippen LogP contribution in [0.15, 0.2) is 18.2 Å². The number of ether oxygens (including phenoxy) is 2. The van der Waals surface area contributed by atoms with Gasteiger partial charge in [0.25, 0.3) is 0 Å². The standard InChI is InChI=1S/C15H23NO3/c1-11(2)7-8-16-15(17)9-12-5-6-13(18-3)10-14(12)19-4/h5-6,10-11H,7-9H2,1-4H3,(H,16,17). The van der Waals surface area contributed by atoms with Crippen LogP contribution < -0.4 is 14.8 Å². The summed E-state index contributed by atoms with van der Waals surface area (Å²) in [6.45, 7) is 4.99. The minimum atomic E-state index is 0.0177. The van der Waals surface area contributed by atoms with E-state index in [0.29, 0.717) is 18.1 Å². The van der Waals surface area contributed by atoms with Gasteiger partial charge in [0.1, 0.15) is 11.5 Å². The Morgan fingerprint density at radius 1 is 1.26 bits per heavy atom. The fraction of sp³-hybridized carbons (Fsp3) is 0.533. The Balaban J connectivity index is 2.58. The maximum absolute atomic E-state index is 11.8. The van der Waals surface area contributed by atoms with Gasteiger partial charge in [-0.25, -0.2) is 0 Å². The molecule has 1 N–H and O–H groups in total. The molecule has 1 amide bonds. The molecule has 4 nitrogen and oxygen atoms in total. The van der Waals surface area contributed by atoms with Gasteiger partial charge in [0.15, 0.2) is 0 Å². The second kappa shape index (κ2) is 7.67. The highest BCUT2D eigenvalue weighted by molar-refractivity contribution is 5.79. The molecule has 0 aliphatic heterocycles. The fourth-order valence-electron chi connectivity index (χ4n) is 1.73. The first kappa shape index (κ1) is 15.3. The van der Waals surface area contributed by atoms with Crippen molar-refractivity contribution in [1.82, 2.24) is 5.32 Å². The third-order valence-electron chi connectivity index (χ3n) is 2.89. The van der Waals surface area contributed by atoms with E-state index in [1.165, 1.54) is 0 Å². The molecule has 0 aliphatic carbocycles. The predicted molar refractivity (Wildman–Crippen MR) is 75.7 cm³/mol. The van der Waals surface area contributed by atoms with E-state index >= 15 is 0 Å². The van der Waals surface area contributed by atoms with Crippen molar-refractivity contribution in [2.24, 2.45) is 5.92 Å². The molecule has 1 aromatic carbocycles. The van der Waals surface area contributed by atoms with Crippen molar-refractivity contribution in [1.29, 1.82) is 0 Å². The van der Waals surface area contributed by atoms with E-state index in [4.69, 9.17) is 9.47 Å². The van der Waals surface area contributed by atoms with E-state index in [1.807, 2.05) is 12.1 Å². The molecule has 0 aromatic heterocycles. The van der Waals surface area contributed by atoms with E-state index in [2.05, 4.69) is 19.2 Å². The van der Waals surface area contributed by atoms with Crippen LogP contribution in [0.25, 0.3) is 0 Å². The molecule has 0 spiro atoms. The van der Waals surface area contributed by atoms with Gasteiger partial charge in [0.05, 0.1) is 20.6 Å². The van der Waals surface area contributed by atoms with Crippen molar-refractivity contribution in [2.45, 2.75) is 26.7 Å². The second-order valence-electron chi connectivity index (χ2n) is 4.89. The Morgan fingerprint density at radius 2 is 2.00 bits per heavy atom. The molecule has 0 heterocycles. The number of hydrogen-bond acceptors (Lipinski definition) is 3. The summed E-state index contributed by atoms with van der Waals surface area (Å²) >= 11 is 0. The van der Waals surface area contributed by atoms with Crippen LogP contribution in [-0.4, -0.2) is 26.7 Å². The normalized spacial score (nSPS) is 10.4. The molecule has 0 bridgehead atoms. The van der Waals surface area contributed by atoms with Gasteiger partial charge in [0, 0.05) is 18.2 Å². The molecule has 1 rings (SSSR count). The molecule has 0 unspecified atom stereocenters. The Kier molecular flexibility index (Phi) is 6.19. The topological polar surface area (TPSA) is 47.6 Å². The van der Waals surface area contributed by atoms with Crippen molar-refractivity contribution in [2.75, 3.05) is 20.8 Å². The van der Waals surface area contributed by atoms with Crippen LogP contribution in [0.1, 0.15) is 25.8 Å². The van der Waals surface area contributed by atoms with Crippen LogP contribution in [0.5, 0.6) is 11.5 Å². The van der Waals surface area contributed by atoms with Crippen LogP contribution in [0, 0.1) is 5.92 Å². The number of methoxy groups -OCH3 is 2. The molecule has 0 atom stereocenters. The van der Waals surface area contributed by atoms with Crippen molar-refractivity contribution < 1.29 is 14.3 Å². The lowest BCUT2D eigenvalue weighted by molar-refractivity contribution is -0.120. The number of carbonyl (C=O) groups is 1. The summed E-state index contributed by atoms with van der Waals surface area (Å²) < 4.78 is 10.4. The van der Waals surface area contributed by atoms with Gasteiger partial charge in [-0.3, -0.25) is 4.79 Å². The van der Waals surface area contributed by atoms with Gasteiger partial charge in [-0.05, 0) is 18.4 Å². The van der Waals surface area contributed by atoms with Gasteiger partial charge in [-0.1, -0.05) is 19.9 Å². The van der Waals surface area contributed by atoms with Gasteiger partial charge in [-0.2, -0.15) is 0 Å². The molecule has 0 radical (unpaired) electrons. The van der Waals surface area contributed by atoms with Crippen LogP contribution in [0.4, 0.5) is 0 Å². The van der Waals surface area contributed by atoms with E-state index < -0.39 is 0 Å². The van der Waals surface area contributed by atoms with E-state index in [9.17, 15) is 4.79 Å². The molecular formula is C15H23NO3. The number of hydrogen-bond donors (Lipinski definition) is 1. The highest BCUT2D eigenvalue weighted by Gasteiger charge is 2.09. The Labute approximate surface area is 115 Å². The lowest BCUT2D eigenvalue weighted by atomic mass is 10.1. The quantitative estimate of drug-likeness (QED) is 0.823. The molecule has 0 aliphatic rings. The molecule has 19 heavy (non-hydrogen) atoms. The highest BCUT2D eigenvalue weighted by Crippen LogP contribution is 2.24. The molecule has 106 valence electrons. The summed E-state index contributed by atoms with van der Waals surface area (Å²) in [4.78, 5) is 11.8. The predicted octanol–water partition coefficient (Wildman–Crippen LogP) is 2.41. The van der Waals surface area contributed by atoms with E-state index in [0.717, 1.165) is 24.3 Å². The van der Waals surface area contributed by atoms with Crippen LogP contribution in [-0.2, 0) is 11.2 Å². The minimum Gasteiger partial charge on any atom is -0.497 e. The van der Waals surface area contributed by atoms with Crippen LogP contribution >= 0.6 is 0 Å². The van der Waals surface area contributed by atoms with Crippen molar-refractivity contribution >= 4 is 5.91 Å². The summed E-state index contributed by atoms with van der Waals surface area (Å²) in [7, 11) is 3.20. The lowest BCUT2D eigenvalue weighted by Crippen LogP contribution is -2.27. The average Bonchev–Trinajstić information content (AvgIpc) is 2.38. The van der Waals surface area contributed by atoms with Gasteiger partial charge in [-0.15, -0.1) is 0 Å². The zero-order valence-corrected chi connectivity index (χ0v) is 12.2.